The Kier molecular flexibility index (Phi) is 5.81. The molecule has 0 N–H and O–H groups in total. The number of likely N-dealkylation sites (tertiary alicyclic amines) is 1. The Morgan fingerprint density at radius 2 is 2.29 bits per heavy atom. The smallest absolute Gasteiger partial charge is 0.248 e. The van der Waals surface area contributed by atoms with Crippen molar-refractivity contribution in [3.05, 3.63) is 30.1 Å². The van der Waals surface area contributed by atoms with Crippen LogP contribution in [0.4, 0.5) is 0 Å². The molecule has 1 aromatic heterocycles. The first-order chi connectivity index (χ1) is 11.7. The van der Waals surface area contributed by atoms with Gasteiger partial charge in [0.05, 0.1) is 24.9 Å². The highest BCUT2D eigenvalue weighted by atomic mass is 16.6. The molecule has 1 spiro atoms. The third-order valence-electron chi connectivity index (χ3n) is 4.73. The molecule has 0 aromatic carbocycles. The van der Waals surface area contributed by atoms with Crippen LogP contribution in [0.5, 0.6) is 0 Å². The topological polar surface area (TPSA) is 60.9 Å². The third-order valence-corrected chi connectivity index (χ3v) is 4.73. The number of carbonyl (C=O) groups is 1. The molecule has 6 nitrogen and oxygen atoms in total. The predicted molar refractivity (Wildman–Crippen MR) is 88.4 cm³/mol. The summed E-state index contributed by atoms with van der Waals surface area (Å²) < 4.78 is 17.3. The number of amides is 1. The molecule has 1 amide bonds. The first-order valence-corrected chi connectivity index (χ1v) is 8.71. The number of rotatable bonds is 6. The lowest BCUT2D eigenvalue weighted by Gasteiger charge is -2.39. The van der Waals surface area contributed by atoms with Gasteiger partial charge < -0.3 is 19.1 Å². The molecular formula is C18H26N2O4. The Labute approximate surface area is 143 Å². The van der Waals surface area contributed by atoms with Crippen molar-refractivity contribution in [2.75, 3.05) is 32.9 Å². The van der Waals surface area contributed by atoms with E-state index in [1.165, 1.54) is 0 Å². The fourth-order valence-electron chi connectivity index (χ4n) is 3.48. The zero-order chi connectivity index (χ0) is 16.8. The van der Waals surface area contributed by atoms with E-state index in [1.807, 2.05) is 24.0 Å². The second-order valence-electron chi connectivity index (χ2n) is 6.54. The van der Waals surface area contributed by atoms with Crippen LogP contribution in [0.3, 0.4) is 0 Å². The summed E-state index contributed by atoms with van der Waals surface area (Å²) in [5, 5.41) is 0. The first-order valence-electron chi connectivity index (χ1n) is 8.71. The largest absolute Gasteiger partial charge is 0.372 e. The second kappa shape index (κ2) is 8.05. The maximum absolute atomic E-state index is 12.2. The molecule has 2 saturated heterocycles. The molecule has 0 unspecified atom stereocenters. The Balaban J connectivity index is 1.50. The average molecular weight is 334 g/mol. The van der Waals surface area contributed by atoms with Crippen molar-refractivity contribution < 1.29 is 19.0 Å². The van der Waals surface area contributed by atoms with E-state index in [1.54, 1.807) is 12.4 Å². The van der Waals surface area contributed by atoms with Crippen molar-refractivity contribution in [1.82, 2.24) is 9.88 Å². The Hall–Kier alpha value is -1.50. The summed E-state index contributed by atoms with van der Waals surface area (Å²) in [5.41, 5.74) is 0.867. The van der Waals surface area contributed by atoms with Gasteiger partial charge in [-0.1, -0.05) is 0 Å². The van der Waals surface area contributed by atoms with Crippen molar-refractivity contribution in [3.8, 4) is 0 Å². The Morgan fingerprint density at radius 3 is 3.08 bits per heavy atom. The maximum Gasteiger partial charge on any atom is 0.248 e. The zero-order valence-corrected chi connectivity index (χ0v) is 14.3. The average Bonchev–Trinajstić information content (AvgIpc) is 3.01. The van der Waals surface area contributed by atoms with Crippen LogP contribution in [0.1, 0.15) is 31.7 Å². The van der Waals surface area contributed by atoms with Gasteiger partial charge in [-0.2, -0.15) is 0 Å². The zero-order valence-electron chi connectivity index (χ0n) is 14.3. The molecule has 6 heteroatoms. The fraction of sp³-hybridized carbons (Fsp3) is 0.667. The van der Waals surface area contributed by atoms with Crippen LogP contribution in [0.2, 0.25) is 0 Å². The maximum atomic E-state index is 12.2. The molecule has 2 atom stereocenters. The van der Waals surface area contributed by atoms with Gasteiger partial charge in [0, 0.05) is 38.5 Å². The molecule has 0 saturated carbocycles. The lowest BCUT2D eigenvalue weighted by atomic mass is 9.89. The minimum Gasteiger partial charge on any atom is -0.372 e. The Bertz CT molecular complexity index is 539. The monoisotopic (exact) mass is 334 g/mol. The fourth-order valence-corrected chi connectivity index (χ4v) is 3.48. The SMILES string of the molecule is CCOCC(=O)N1CCC[C@@]2(C[C@H](OCc3ccncc3)CO2)C1. The summed E-state index contributed by atoms with van der Waals surface area (Å²) in [5.74, 6) is 0.0562. The van der Waals surface area contributed by atoms with Crippen LogP contribution < -0.4 is 0 Å². The number of carbonyl (C=O) groups excluding carboxylic acids is 1. The van der Waals surface area contributed by atoms with E-state index < -0.39 is 0 Å². The number of ether oxygens (including phenoxy) is 3. The van der Waals surface area contributed by atoms with E-state index in [0.717, 1.165) is 31.4 Å². The summed E-state index contributed by atoms with van der Waals surface area (Å²) in [6, 6.07) is 3.92. The summed E-state index contributed by atoms with van der Waals surface area (Å²) in [6.07, 6.45) is 6.43. The van der Waals surface area contributed by atoms with Crippen LogP contribution in [0, 0.1) is 0 Å². The molecule has 0 radical (unpaired) electrons. The van der Waals surface area contributed by atoms with E-state index in [2.05, 4.69) is 4.98 Å². The van der Waals surface area contributed by atoms with E-state index >= 15 is 0 Å². The molecule has 3 heterocycles. The minimum absolute atomic E-state index is 0.0562. The van der Waals surface area contributed by atoms with Gasteiger partial charge in [0.15, 0.2) is 0 Å². The predicted octanol–water partition coefficient (Wildman–Crippen LogP) is 1.78. The molecule has 2 aliphatic rings. The first kappa shape index (κ1) is 17.3. The number of piperidine rings is 1. The lowest BCUT2D eigenvalue weighted by Crippen LogP contribution is -2.51. The van der Waals surface area contributed by atoms with Gasteiger partial charge in [-0.05, 0) is 37.5 Å². The molecule has 24 heavy (non-hydrogen) atoms. The highest BCUT2D eigenvalue weighted by Crippen LogP contribution is 2.36. The molecule has 2 aliphatic heterocycles. The molecule has 3 rings (SSSR count). The van der Waals surface area contributed by atoms with Crippen molar-refractivity contribution in [2.24, 2.45) is 0 Å². The standard InChI is InChI=1S/C18H26N2O4/c1-2-22-13-17(21)20-9-3-6-18(14-20)10-16(12-24-18)23-11-15-4-7-19-8-5-15/h4-5,7-8,16H,2-3,6,9-14H2,1H3/t16-,18+/m0/s1. The summed E-state index contributed by atoms with van der Waals surface area (Å²) >= 11 is 0. The van der Waals surface area contributed by atoms with E-state index in [4.69, 9.17) is 14.2 Å². The molecule has 132 valence electrons. The highest BCUT2D eigenvalue weighted by Gasteiger charge is 2.44. The van der Waals surface area contributed by atoms with Gasteiger partial charge in [-0.25, -0.2) is 0 Å². The van der Waals surface area contributed by atoms with E-state index in [9.17, 15) is 4.79 Å². The molecular weight excluding hydrogens is 308 g/mol. The van der Waals surface area contributed by atoms with Gasteiger partial charge in [0.1, 0.15) is 6.61 Å². The van der Waals surface area contributed by atoms with Gasteiger partial charge in [-0.15, -0.1) is 0 Å². The van der Waals surface area contributed by atoms with Crippen molar-refractivity contribution in [1.29, 1.82) is 0 Å². The summed E-state index contributed by atoms with van der Waals surface area (Å²) in [4.78, 5) is 18.1. The number of nitrogens with zero attached hydrogens (tertiary/aromatic N) is 2. The van der Waals surface area contributed by atoms with Crippen LogP contribution in [0.25, 0.3) is 0 Å². The van der Waals surface area contributed by atoms with E-state index in [-0.39, 0.29) is 24.2 Å². The molecule has 0 bridgehead atoms. The normalized spacial score (nSPS) is 26.9. The van der Waals surface area contributed by atoms with Crippen LogP contribution in [-0.2, 0) is 25.6 Å². The highest BCUT2D eigenvalue weighted by molar-refractivity contribution is 5.77. The number of hydrogen-bond donors (Lipinski definition) is 0. The quantitative estimate of drug-likeness (QED) is 0.794. The van der Waals surface area contributed by atoms with Crippen molar-refractivity contribution in [3.63, 3.8) is 0 Å². The van der Waals surface area contributed by atoms with Crippen LogP contribution in [-0.4, -0.2) is 60.4 Å². The van der Waals surface area contributed by atoms with E-state index in [0.29, 0.717) is 26.4 Å². The summed E-state index contributed by atoms with van der Waals surface area (Å²) in [6.45, 7) is 5.22. The van der Waals surface area contributed by atoms with Crippen LogP contribution >= 0.6 is 0 Å². The second-order valence-corrected chi connectivity index (χ2v) is 6.54. The van der Waals surface area contributed by atoms with Gasteiger partial charge in [0.25, 0.3) is 0 Å². The molecule has 0 aliphatic carbocycles. The minimum atomic E-state index is -0.247. The third kappa shape index (κ3) is 4.32. The lowest BCUT2D eigenvalue weighted by molar-refractivity contribution is -0.143. The van der Waals surface area contributed by atoms with Crippen molar-refractivity contribution in [2.45, 2.75) is 44.5 Å². The van der Waals surface area contributed by atoms with Crippen molar-refractivity contribution >= 4 is 5.91 Å². The number of hydrogen-bond acceptors (Lipinski definition) is 5. The molecule has 2 fully saturated rings. The van der Waals surface area contributed by atoms with Gasteiger partial charge in [0.2, 0.25) is 5.91 Å². The van der Waals surface area contributed by atoms with Crippen LogP contribution in [0.15, 0.2) is 24.5 Å². The van der Waals surface area contributed by atoms with Gasteiger partial charge >= 0.3 is 0 Å². The van der Waals surface area contributed by atoms with Gasteiger partial charge in [-0.3, -0.25) is 9.78 Å². The molecule has 1 aromatic rings. The summed E-state index contributed by atoms with van der Waals surface area (Å²) in [7, 11) is 0. The number of pyridine rings is 1. The Morgan fingerprint density at radius 1 is 1.46 bits per heavy atom. The number of aromatic nitrogens is 1.